The first-order valence-corrected chi connectivity index (χ1v) is 7.06. The number of carbonyl (C=O) groups is 1. The summed E-state index contributed by atoms with van der Waals surface area (Å²) in [5.74, 6) is -1.14. The van der Waals surface area contributed by atoms with Crippen molar-refractivity contribution in [3.8, 4) is 0 Å². The van der Waals surface area contributed by atoms with Gasteiger partial charge in [-0.25, -0.2) is 8.42 Å². The van der Waals surface area contributed by atoms with Crippen molar-refractivity contribution in [2.45, 2.75) is 17.6 Å². The SMILES string of the molecule is CCCN(CC(=O)O)S(=O)(=O)c1cccs1. The Hall–Kier alpha value is -0.920. The topological polar surface area (TPSA) is 74.7 Å². The van der Waals surface area contributed by atoms with E-state index in [2.05, 4.69) is 0 Å². The molecule has 90 valence electrons. The Bertz CT molecular complexity index is 438. The standard InChI is InChI=1S/C9H13NO4S2/c1-2-5-10(7-8(11)12)16(13,14)9-4-3-6-15-9/h3-4,6H,2,5,7H2,1H3,(H,11,12). The molecule has 0 aliphatic heterocycles. The normalized spacial score (nSPS) is 11.9. The van der Waals surface area contributed by atoms with Crippen molar-refractivity contribution >= 4 is 27.3 Å². The van der Waals surface area contributed by atoms with E-state index in [1.165, 1.54) is 6.07 Å². The van der Waals surface area contributed by atoms with Gasteiger partial charge in [0.15, 0.2) is 0 Å². The zero-order chi connectivity index (χ0) is 12.2. The summed E-state index contributed by atoms with van der Waals surface area (Å²) < 4.78 is 25.2. The molecule has 0 aliphatic rings. The third-order valence-corrected chi connectivity index (χ3v) is 5.09. The lowest BCUT2D eigenvalue weighted by atomic mass is 10.5. The minimum absolute atomic E-state index is 0.183. The van der Waals surface area contributed by atoms with Gasteiger partial charge in [-0.3, -0.25) is 4.79 Å². The summed E-state index contributed by atoms with van der Waals surface area (Å²) in [6.07, 6.45) is 0.581. The Labute approximate surface area is 98.4 Å². The van der Waals surface area contributed by atoms with Gasteiger partial charge in [-0.1, -0.05) is 13.0 Å². The summed E-state index contributed by atoms with van der Waals surface area (Å²) in [5, 5.41) is 10.3. The Balaban J connectivity index is 2.97. The van der Waals surface area contributed by atoms with Gasteiger partial charge in [0.25, 0.3) is 10.0 Å². The third-order valence-electron chi connectivity index (χ3n) is 1.87. The molecule has 7 heteroatoms. The van der Waals surface area contributed by atoms with Crippen LogP contribution < -0.4 is 0 Å². The van der Waals surface area contributed by atoms with Crippen LogP contribution in [0.1, 0.15) is 13.3 Å². The molecule has 0 spiro atoms. The van der Waals surface area contributed by atoms with Crippen molar-refractivity contribution in [1.82, 2.24) is 4.31 Å². The lowest BCUT2D eigenvalue weighted by Gasteiger charge is -2.18. The Kier molecular flexibility index (Phi) is 4.45. The largest absolute Gasteiger partial charge is 0.480 e. The zero-order valence-corrected chi connectivity index (χ0v) is 10.4. The van der Waals surface area contributed by atoms with Crippen LogP contribution in [0.4, 0.5) is 0 Å². The molecule has 1 aromatic heterocycles. The average Bonchev–Trinajstić information content (AvgIpc) is 2.69. The van der Waals surface area contributed by atoms with Crippen LogP contribution in [0.5, 0.6) is 0 Å². The van der Waals surface area contributed by atoms with Gasteiger partial charge in [0.05, 0.1) is 0 Å². The fourth-order valence-corrected chi connectivity index (χ4v) is 3.85. The molecule has 1 N–H and O–H groups in total. The minimum Gasteiger partial charge on any atom is -0.480 e. The van der Waals surface area contributed by atoms with Gasteiger partial charge in [0.1, 0.15) is 10.8 Å². The molecule has 1 rings (SSSR count). The van der Waals surface area contributed by atoms with E-state index in [0.717, 1.165) is 15.6 Å². The number of carboxylic acid groups (broad SMARTS) is 1. The second-order valence-corrected chi connectivity index (χ2v) is 6.28. The summed E-state index contributed by atoms with van der Waals surface area (Å²) in [4.78, 5) is 10.6. The number of nitrogens with zero attached hydrogens (tertiary/aromatic N) is 1. The fourth-order valence-electron chi connectivity index (χ4n) is 1.22. The van der Waals surface area contributed by atoms with Gasteiger partial charge in [0.2, 0.25) is 0 Å². The van der Waals surface area contributed by atoms with Crippen LogP contribution in [0.2, 0.25) is 0 Å². The van der Waals surface area contributed by atoms with E-state index >= 15 is 0 Å². The molecule has 5 nitrogen and oxygen atoms in total. The monoisotopic (exact) mass is 263 g/mol. The molecule has 16 heavy (non-hydrogen) atoms. The van der Waals surface area contributed by atoms with Gasteiger partial charge in [-0.2, -0.15) is 4.31 Å². The molecule has 0 fully saturated rings. The molecule has 0 atom stereocenters. The van der Waals surface area contributed by atoms with Crippen LogP contribution in [0.15, 0.2) is 21.7 Å². The van der Waals surface area contributed by atoms with E-state index in [1.54, 1.807) is 18.4 Å². The molecule has 0 aliphatic carbocycles. The predicted molar refractivity (Wildman–Crippen MR) is 61.0 cm³/mol. The Morgan fingerprint density at radius 2 is 2.25 bits per heavy atom. The molecular weight excluding hydrogens is 250 g/mol. The second-order valence-electron chi connectivity index (χ2n) is 3.16. The van der Waals surface area contributed by atoms with Crippen molar-refractivity contribution in [3.05, 3.63) is 17.5 Å². The highest BCUT2D eigenvalue weighted by molar-refractivity contribution is 7.91. The van der Waals surface area contributed by atoms with Crippen LogP contribution in [-0.4, -0.2) is 36.9 Å². The molecule has 0 unspecified atom stereocenters. The maximum atomic E-state index is 12.0. The Morgan fingerprint density at radius 1 is 1.56 bits per heavy atom. The van der Waals surface area contributed by atoms with Crippen LogP contribution in [-0.2, 0) is 14.8 Å². The summed E-state index contributed by atoms with van der Waals surface area (Å²) in [6.45, 7) is 1.53. The van der Waals surface area contributed by atoms with Crippen molar-refractivity contribution in [1.29, 1.82) is 0 Å². The molecule has 1 heterocycles. The minimum atomic E-state index is -3.64. The highest BCUT2D eigenvalue weighted by atomic mass is 32.2. The van der Waals surface area contributed by atoms with Crippen LogP contribution in [0.25, 0.3) is 0 Å². The number of hydrogen-bond donors (Lipinski definition) is 1. The molecule has 0 saturated heterocycles. The quantitative estimate of drug-likeness (QED) is 0.837. The van der Waals surface area contributed by atoms with Gasteiger partial charge in [0, 0.05) is 6.54 Å². The highest BCUT2D eigenvalue weighted by Gasteiger charge is 2.26. The smallest absolute Gasteiger partial charge is 0.318 e. The summed E-state index contributed by atoms with van der Waals surface area (Å²) >= 11 is 1.09. The molecule has 0 radical (unpaired) electrons. The number of aliphatic carboxylic acids is 1. The predicted octanol–water partition coefficient (Wildman–Crippen LogP) is 1.23. The molecule has 0 bridgehead atoms. The number of thiophene rings is 1. The first-order valence-electron chi connectivity index (χ1n) is 4.74. The van der Waals surface area contributed by atoms with Crippen molar-refractivity contribution in [2.75, 3.05) is 13.1 Å². The third kappa shape index (κ3) is 3.03. The highest BCUT2D eigenvalue weighted by Crippen LogP contribution is 2.20. The molecule has 0 aromatic carbocycles. The summed E-state index contributed by atoms with van der Waals surface area (Å²) in [6, 6.07) is 3.10. The molecule has 0 saturated carbocycles. The van der Waals surface area contributed by atoms with Crippen molar-refractivity contribution in [3.63, 3.8) is 0 Å². The lowest BCUT2D eigenvalue weighted by Crippen LogP contribution is -2.35. The van der Waals surface area contributed by atoms with E-state index in [0.29, 0.717) is 6.42 Å². The second kappa shape index (κ2) is 5.42. The number of sulfonamides is 1. The molecular formula is C9H13NO4S2. The first kappa shape index (κ1) is 13.1. The maximum Gasteiger partial charge on any atom is 0.318 e. The van der Waals surface area contributed by atoms with Crippen molar-refractivity contribution in [2.24, 2.45) is 0 Å². The maximum absolute atomic E-state index is 12.0. The number of carboxylic acids is 1. The molecule has 1 aromatic rings. The lowest BCUT2D eigenvalue weighted by molar-refractivity contribution is -0.137. The van der Waals surface area contributed by atoms with Gasteiger partial charge in [-0.05, 0) is 17.9 Å². The first-order chi connectivity index (χ1) is 7.48. The summed E-state index contributed by atoms with van der Waals surface area (Å²) in [5.41, 5.74) is 0. The van der Waals surface area contributed by atoms with Crippen LogP contribution in [0.3, 0.4) is 0 Å². The van der Waals surface area contributed by atoms with E-state index < -0.39 is 22.5 Å². The van der Waals surface area contributed by atoms with E-state index in [9.17, 15) is 13.2 Å². The van der Waals surface area contributed by atoms with Crippen molar-refractivity contribution < 1.29 is 18.3 Å². The van der Waals surface area contributed by atoms with Gasteiger partial charge < -0.3 is 5.11 Å². The van der Waals surface area contributed by atoms with Gasteiger partial charge >= 0.3 is 5.97 Å². The Morgan fingerprint density at radius 3 is 2.69 bits per heavy atom. The zero-order valence-electron chi connectivity index (χ0n) is 8.79. The van der Waals surface area contributed by atoms with E-state index in [1.807, 2.05) is 0 Å². The average molecular weight is 263 g/mol. The van der Waals surface area contributed by atoms with Crippen LogP contribution in [0, 0.1) is 0 Å². The fraction of sp³-hybridized carbons (Fsp3) is 0.444. The number of hydrogen-bond acceptors (Lipinski definition) is 4. The number of rotatable bonds is 6. The van der Waals surface area contributed by atoms with E-state index in [4.69, 9.17) is 5.11 Å². The summed E-state index contributed by atoms with van der Waals surface area (Å²) in [7, 11) is -3.64. The molecule has 0 amide bonds. The van der Waals surface area contributed by atoms with Gasteiger partial charge in [-0.15, -0.1) is 11.3 Å². The van der Waals surface area contributed by atoms with Crippen LogP contribution >= 0.6 is 11.3 Å². The van der Waals surface area contributed by atoms with E-state index in [-0.39, 0.29) is 10.8 Å².